The summed E-state index contributed by atoms with van der Waals surface area (Å²) in [6, 6.07) is 13.3. The Kier molecular flexibility index (Phi) is 4.64. The van der Waals surface area contributed by atoms with Crippen molar-refractivity contribution in [2.75, 3.05) is 13.7 Å². The van der Waals surface area contributed by atoms with Gasteiger partial charge in [0.1, 0.15) is 17.6 Å². The Morgan fingerprint density at radius 1 is 1.05 bits per heavy atom. The number of hydrogen-bond donors (Lipinski definition) is 1. The van der Waals surface area contributed by atoms with Crippen molar-refractivity contribution in [1.29, 1.82) is 0 Å². The highest BCUT2D eigenvalue weighted by atomic mass is 16.5. The first-order valence-electron chi connectivity index (χ1n) is 6.71. The van der Waals surface area contributed by atoms with Gasteiger partial charge in [-0.1, -0.05) is 29.8 Å². The molecule has 0 spiro atoms. The van der Waals surface area contributed by atoms with E-state index in [0.29, 0.717) is 18.1 Å². The first-order valence-corrected chi connectivity index (χ1v) is 6.71. The molecule has 2 rings (SSSR count). The van der Waals surface area contributed by atoms with Gasteiger partial charge < -0.3 is 14.6 Å². The summed E-state index contributed by atoms with van der Waals surface area (Å²) in [6.07, 6.45) is -0.771. The van der Waals surface area contributed by atoms with Crippen molar-refractivity contribution >= 4 is 0 Å². The Bertz CT molecular complexity index is 578. The highest BCUT2D eigenvalue weighted by Gasteiger charge is 2.19. The zero-order chi connectivity index (χ0) is 14.5. The average molecular weight is 272 g/mol. The van der Waals surface area contributed by atoms with Crippen LogP contribution in [0.2, 0.25) is 0 Å². The van der Waals surface area contributed by atoms with Crippen molar-refractivity contribution < 1.29 is 14.6 Å². The minimum atomic E-state index is -0.771. The lowest BCUT2D eigenvalue weighted by Crippen LogP contribution is -2.06. The minimum absolute atomic E-state index is 0.564. The van der Waals surface area contributed by atoms with Crippen molar-refractivity contribution in [1.82, 2.24) is 0 Å². The molecule has 0 aliphatic heterocycles. The predicted molar refractivity (Wildman–Crippen MR) is 79.4 cm³/mol. The number of hydrogen-bond acceptors (Lipinski definition) is 3. The van der Waals surface area contributed by atoms with E-state index < -0.39 is 6.10 Å². The predicted octanol–water partition coefficient (Wildman–Crippen LogP) is 3.48. The normalized spacial score (nSPS) is 12.0. The molecule has 1 unspecified atom stereocenters. The van der Waals surface area contributed by atoms with Crippen molar-refractivity contribution in [2.24, 2.45) is 0 Å². The fourth-order valence-electron chi connectivity index (χ4n) is 2.23. The number of ether oxygens (including phenoxy) is 2. The van der Waals surface area contributed by atoms with Gasteiger partial charge >= 0.3 is 0 Å². The molecule has 0 aliphatic rings. The molecule has 0 radical (unpaired) electrons. The molecule has 3 nitrogen and oxygen atoms in total. The monoisotopic (exact) mass is 272 g/mol. The van der Waals surface area contributed by atoms with E-state index >= 15 is 0 Å². The summed E-state index contributed by atoms with van der Waals surface area (Å²) in [5.74, 6) is 1.38. The van der Waals surface area contributed by atoms with Crippen LogP contribution in [0.1, 0.15) is 29.7 Å². The number of para-hydroxylation sites is 1. The Hall–Kier alpha value is -2.00. The topological polar surface area (TPSA) is 38.7 Å². The average Bonchev–Trinajstić information content (AvgIpc) is 2.47. The molecule has 0 heterocycles. The molecule has 106 valence electrons. The Morgan fingerprint density at radius 2 is 1.80 bits per heavy atom. The van der Waals surface area contributed by atoms with Gasteiger partial charge in [-0.15, -0.1) is 0 Å². The minimum Gasteiger partial charge on any atom is -0.496 e. The number of methoxy groups -OCH3 is 1. The number of aliphatic hydroxyl groups is 1. The molecule has 2 aromatic carbocycles. The van der Waals surface area contributed by atoms with Gasteiger partial charge in [0, 0.05) is 11.1 Å². The lowest BCUT2D eigenvalue weighted by atomic mass is 9.98. The van der Waals surface area contributed by atoms with Crippen LogP contribution in [0.15, 0.2) is 42.5 Å². The standard InChI is InChI=1S/C17H20O3/c1-4-20-16-8-6-5-7-13(16)17(18)14-11-12(2)9-10-15(14)19-3/h5-11,17-18H,4H2,1-3H3. The third-order valence-corrected chi connectivity index (χ3v) is 3.19. The van der Waals surface area contributed by atoms with Gasteiger partial charge in [0.05, 0.1) is 13.7 Å². The zero-order valence-electron chi connectivity index (χ0n) is 12.1. The molecule has 0 aliphatic carbocycles. The number of aliphatic hydroxyl groups excluding tert-OH is 1. The van der Waals surface area contributed by atoms with Gasteiger partial charge in [0.25, 0.3) is 0 Å². The van der Waals surface area contributed by atoms with E-state index in [1.807, 2.05) is 56.3 Å². The molecule has 0 amide bonds. The summed E-state index contributed by atoms with van der Waals surface area (Å²) in [4.78, 5) is 0. The van der Waals surface area contributed by atoms with E-state index in [2.05, 4.69) is 0 Å². The van der Waals surface area contributed by atoms with E-state index in [1.54, 1.807) is 7.11 Å². The molecular weight excluding hydrogens is 252 g/mol. The molecule has 3 heteroatoms. The fourth-order valence-corrected chi connectivity index (χ4v) is 2.23. The van der Waals surface area contributed by atoms with Crippen LogP contribution in [0.5, 0.6) is 11.5 Å². The lowest BCUT2D eigenvalue weighted by molar-refractivity contribution is 0.207. The van der Waals surface area contributed by atoms with Gasteiger partial charge in [0.15, 0.2) is 0 Å². The van der Waals surface area contributed by atoms with Gasteiger partial charge in [-0.25, -0.2) is 0 Å². The van der Waals surface area contributed by atoms with Crippen molar-refractivity contribution in [3.05, 3.63) is 59.2 Å². The van der Waals surface area contributed by atoms with Crippen LogP contribution in [-0.2, 0) is 0 Å². The van der Waals surface area contributed by atoms with Crippen molar-refractivity contribution in [2.45, 2.75) is 20.0 Å². The summed E-state index contributed by atoms with van der Waals surface area (Å²) < 4.78 is 10.9. The number of aryl methyl sites for hydroxylation is 1. The summed E-state index contributed by atoms with van der Waals surface area (Å²) >= 11 is 0. The molecule has 0 fully saturated rings. The van der Waals surface area contributed by atoms with Crippen LogP contribution >= 0.6 is 0 Å². The summed E-state index contributed by atoms with van der Waals surface area (Å²) in [5, 5.41) is 10.7. The van der Waals surface area contributed by atoms with Crippen LogP contribution in [0, 0.1) is 6.92 Å². The van der Waals surface area contributed by atoms with E-state index in [1.165, 1.54) is 0 Å². The van der Waals surface area contributed by atoms with E-state index in [0.717, 1.165) is 16.7 Å². The zero-order valence-corrected chi connectivity index (χ0v) is 12.1. The van der Waals surface area contributed by atoms with Gasteiger partial charge in [-0.05, 0) is 32.0 Å². The third-order valence-electron chi connectivity index (χ3n) is 3.19. The summed E-state index contributed by atoms with van der Waals surface area (Å²) in [6.45, 7) is 4.48. The first-order chi connectivity index (χ1) is 9.67. The highest BCUT2D eigenvalue weighted by molar-refractivity contribution is 5.46. The van der Waals surface area contributed by atoms with Crippen LogP contribution in [0.4, 0.5) is 0 Å². The molecule has 2 aromatic rings. The molecule has 20 heavy (non-hydrogen) atoms. The van der Waals surface area contributed by atoms with Crippen LogP contribution < -0.4 is 9.47 Å². The molecule has 0 saturated carbocycles. The van der Waals surface area contributed by atoms with E-state index in [4.69, 9.17) is 9.47 Å². The van der Waals surface area contributed by atoms with Gasteiger partial charge in [-0.2, -0.15) is 0 Å². The SMILES string of the molecule is CCOc1ccccc1C(O)c1cc(C)ccc1OC. The van der Waals surface area contributed by atoms with Gasteiger partial charge in [-0.3, -0.25) is 0 Å². The summed E-state index contributed by atoms with van der Waals surface area (Å²) in [5.41, 5.74) is 2.58. The Labute approximate surface area is 119 Å². The molecule has 0 bridgehead atoms. The van der Waals surface area contributed by atoms with Crippen molar-refractivity contribution in [3.8, 4) is 11.5 Å². The van der Waals surface area contributed by atoms with E-state index in [-0.39, 0.29) is 0 Å². The van der Waals surface area contributed by atoms with Gasteiger partial charge in [0.2, 0.25) is 0 Å². The summed E-state index contributed by atoms with van der Waals surface area (Å²) in [7, 11) is 1.61. The Balaban J connectivity index is 2.45. The smallest absolute Gasteiger partial charge is 0.125 e. The first kappa shape index (κ1) is 14.4. The van der Waals surface area contributed by atoms with E-state index in [9.17, 15) is 5.11 Å². The molecular formula is C17H20O3. The highest BCUT2D eigenvalue weighted by Crippen LogP contribution is 2.35. The van der Waals surface area contributed by atoms with Crippen LogP contribution in [0.25, 0.3) is 0 Å². The maximum Gasteiger partial charge on any atom is 0.125 e. The molecule has 1 N–H and O–H groups in total. The molecule has 0 saturated heterocycles. The fraction of sp³-hybridized carbons (Fsp3) is 0.294. The number of benzene rings is 2. The molecule has 1 atom stereocenters. The third kappa shape index (κ3) is 2.94. The quantitative estimate of drug-likeness (QED) is 0.905. The van der Waals surface area contributed by atoms with Crippen LogP contribution in [0.3, 0.4) is 0 Å². The maximum atomic E-state index is 10.7. The maximum absolute atomic E-state index is 10.7. The second-order valence-electron chi connectivity index (χ2n) is 4.62. The van der Waals surface area contributed by atoms with Crippen LogP contribution in [-0.4, -0.2) is 18.8 Å². The largest absolute Gasteiger partial charge is 0.496 e. The Morgan fingerprint density at radius 3 is 2.50 bits per heavy atom. The second-order valence-corrected chi connectivity index (χ2v) is 4.62. The van der Waals surface area contributed by atoms with Crippen molar-refractivity contribution in [3.63, 3.8) is 0 Å². The second kappa shape index (κ2) is 6.44. The number of rotatable bonds is 5. The molecule has 0 aromatic heterocycles. The lowest BCUT2D eigenvalue weighted by Gasteiger charge is -2.18.